The van der Waals surface area contributed by atoms with Crippen LogP contribution in [0.3, 0.4) is 0 Å². The quantitative estimate of drug-likeness (QED) is 0.826. The van der Waals surface area contributed by atoms with Crippen LogP contribution in [0.25, 0.3) is 0 Å². The van der Waals surface area contributed by atoms with E-state index < -0.39 is 11.7 Å². The highest BCUT2D eigenvalue weighted by atomic mass is 19.4. The maximum Gasteiger partial charge on any atom is 0.416 e. The molecule has 1 fully saturated rings. The van der Waals surface area contributed by atoms with Crippen molar-refractivity contribution < 1.29 is 18.0 Å². The molecule has 0 bridgehead atoms. The topological polar surface area (TPSA) is 44.1 Å². The third kappa shape index (κ3) is 4.00. The molecule has 0 aromatic heterocycles. The smallest absolute Gasteiger partial charge is 0.331 e. The fourth-order valence-corrected chi connectivity index (χ4v) is 2.64. The van der Waals surface area contributed by atoms with Crippen LogP contribution in [0.5, 0.6) is 0 Å². The zero-order valence-corrected chi connectivity index (χ0v) is 13.3. The Kier molecular flexibility index (Phi) is 4.49. The Hall–Kier alpha value is -2.81. The van der Waals surface area contributed by atoms with Gasteiger partial charge in [0.15, 0.2) is 0 Å². The van der Waals surface area contributed by atoms with Gasteiger partial charge in [0.2, 0.25) is 0 Å². The molecule has 128 valence electrons. The summed E-state index contributed by atoms with van der Waals surface area (Å²) in [5.74, 6) is -0.209. The zero-order valence-electron chi connectivity index (χ0n) is 13.3. The van der Waals surface area contributed by atoms with Gasteiger partial charge in [0, 0.05) is 18.2 Å². The van der Waals surface area contributed by atoms with E-state index in [9.17, 15) is 18.0 Å². The van der Waals surface area contributed by atoms with E-state index in [2.05, 4.69) is 0 Å². The SMILES string of the molecule is N#Cc1cccc(C(=O)N(Cc2ccc(C(F)(F)F)cc2)C2CC2)c1. The van der Waals surface area contributed by atoms with E-state index in [1.807, 2.05) is 6.07 Å². The van der Waals surface area contributed by atoms with Gasteiger partial charge in [-0.05, 0) is 48.7 Å². The molecule has 0 heterocycles. The number of nitrogens with zero attached hydrogens (tertiary/aromatic N) is 2. The van der Waals surface area contributed by atoms with E-state index in [1.54, 1.807) is 23.1 Å². The molecule has 0 N–H and O–H groups in total. The van der Waals surface area contributed by atoms with Crippen LogP contribution >= 0.6 is 0 Å². The molecule has 6 heteroatoms. The summed E-state index contributed by atoms with van der Waals surface area (Å²) in [5.41, 5.74) is 0.751. The van der Waals surface area contributed by atoms with Crippen LogP contribution in [0.2, 0.25) is 0 Å². The normalized spacial score (nSPS) is 14.0. The van der Waals surface area contributed by atoms with Gasteiger partial charge in [0.05, 0.1) is 17.2 Å². The first-order valence-corrected chi connectivity index (χ1v) is 7.86. The fourth-order valence-electron chi connectivity index (χ4n) is 2.64. The molecule has 3 nitrogen and oxygen atoms in total. The lowest BCUT2D eigenvalue weighted by atomic mass is 10.1. The molecule has 2 aromatic carbocycles. The van der Waals surface area contributed by atoms with Gasteiger partial charge in [-0.25, -0.2) is 0 Å². The molecular weight excluding hydrogens is 329 g/mol. The summed E-state index contributed by atoms with van der Waals surface area (Å²) in [6.07, 6.45) is -2.61. The van der Waals surface area contributed by atoms with E-state index in [4.69, 9.17) is 5.26 Å². The van der Waals surface area contributed by atoms with Crippen LogP contribution in [-0.4, -0.2) is 16.8 Å². The van der Waals surface area contributed by atoms with Crippen molar-refractivity contribution in [2.75, 3.05) is 0 Å². The zero-order chi connectivity index (χ0) is 18.0. The lowest BCUT2D eigenvalue weighted by Gasteiger charge is -2.23. The molecule has 1 aliphatic rings. The Morgan fingerprint density at radius 1 is 1.16 bits per heavy atom. The molecule has 0 spiro atoms. The van der Waals surface area contributed by atoms with Crippen molar-refractivity contribution in [3.8, 4) is 6.07 Å². The highest BCUT2D eigenvalue weighted by Gasteiger charge is 2.34. The largest absolute Gasteiger partial charge is 0.416 e. The minimum atomic E-state index is -4.37. The molecule has 25 heavy (non-hydrogen) atoms. The van der Waals surface area contributed by atoms with E-state index in [1.165, 1.54) is 18.2 Å². The van der Waals surface area contributed by atoms with E-state index in [0.29, 0.717) is 16.7 Å². The highest BCUT2D eigenvalue weighted by molar-refractivity contribution is 5.95. The maximum atomic E-state index is 12.8. The number of nitriles is 1. The van der Waals surface area contributed by atoms with Crippen LogP contribution in [0, 0.1) is 11.3 Å². The number of hydrogen-bond acceptors (Lipinski definition) is 2. The highest BCUT2D eigenvalue weighted by Crippen LogP contribution is 2.32. The molecule has 0 aliphatic heterocycles. The van der Waals surface area contributed by atoms with Crippen molar-refractivity contribution in [1.82, 2.24) is 4.90 Å². The Morgan fingerprint density at radius 2 is 1.84 bits per heavy atom. The number of benzene rings is 2. The second-order valence-electron chi connectivity index (χ2n) is 6.05. The number of carbonyl (C=O) groups excluding carboxylic acids is 1. The number of alkyl halides is 3. The Bertz CT molecular complexity index is 818. The van der Waals surface area contributed by atoms with Gasteiger partial charge >= 0.3 is 6.18 Å². The first kappa shape index (κ1) is 17.0. The van der Waals surface area contributed by atoms with E-state index in [0.717, 1.165) is 25.0 Å². The van der Waals surface area contributed by atoms with Crippen molar-refractivity contribution in [3.63, 3.8) is 0 Å². The van der Waals surface area contributed by atoms with Crippen molar-refractivity contribution in [1.29, 1.82) is 5.26 Å². The number of halogens is 3. The second kappa shape index (κ2) is 6.60. The van der Waals surface area contributed by atoms with Crippen LogP contribution in [0.15, 0.2) is 48.5 Å². The summed E-state index contributed by atoms with van der Waals surface area (Å²) >= 11 is 0. The molecule has 1 aliphatic carbocycles. The third-order valence-corrected chi connectivity index (χ3v) is 4.12. The average Bonchev–Trinajstić information content (AvgIpc) is 3.43. The molecule has 2 aromatic rings. The second-order valence-corrected chi connectivity index (χ2v) is 6.05. The molecule has 0 unspecified atom stereocenters. The predicted octanol–water partition coefficient (Wildman–Crippen LogP) is 4.38. The lowest BCUT2D eigenvalue weighted by molar-refractivity contribution is -0.137. The molecule has 0 radical (unpaired) electrons. The van der Waals surface area contributed by atoms with Gasteiger partial charge in [-0.2, -0.15) is 18.4 Å². The Labute approximate surface area is 143 Å². The van der Waals surface area contributed by atoms with Crippen molar-refractivity contribution in [2.24, 2.45) is 0 Å². The van der Waals surface area contributed by atoms with Gasteiger partial charge in [0.25, 0.3) is 5.91 Å². The van der Waals surface area contributed by atoms with Crippen molar-refractivity contribution >= 4 is 5.91 Å². The summed E-state index contributed by atoms with van der Waals surface area (Å²) in [7, 11) is 0. The third-order valence-electron chi connectivity index (χ3n) is 4.12. The maximum absolute atomic E-state index is 12.8. The molecule has 0 saturated heterocycles. The lowest BCUT2D eigenvalue weighted by Crippen LogP contribution is -2.32. The Morgan fingerprint density at radius 3 is 2.40 bits per heavy atom. The molecular formula is C19H15F3N2O. The number of hydrogen-bond donors (Lipinski definition) is 0. The van der Waals surface area contributed by atoms with Crippen molar-refractivity contribution in [2.45, 2.75) is 31.6 Å². The summed E-state index contributed by atoms with van der Waals surface area (Å²) in [6, 6.07) is 13.4. The number of rotatable bonds is 4. The van der Waals surface area contributed by atoms with Gasteiger partial charge in [-0.15, -0.1) is 0 Å². The minimum Gasteiger partial charge on any atom is -0.331 e. The van der Waals surface area contributed by atoms with Crippen LogP contribution in [0.1, 0.15) is 39.9 Å². The minimum absolute atomic E-state index is 0.0977. The van der Waals surface area contributed by atoms with E-state index >= 15 is 0 Å². The fraction of sp³-hybridized carbons (Fsp3) is 0.263. The summed E-state index contributed by atoms with van der Waals surface area (Å²) in [5, 5.41) is 8.96. The average molecular weight is 344 g/mol. The number of carbonyl (C=O) groups is 1. The van der Waals surface area contributed by atoms with Gasteiger partial charge < -0.3 is 4.90 Å². The van der Waals surface area contributed by atoms with Crippen LogP contribution in [-0.2, 0) is 12.7 Å². The summed E-state index contributed by atoms with van der Waals surface area (Å²) in [4.78, 5) is 14.4. The predicted molar refractivity (Wildman–Crippen MR) is 85.5 cm³/mol. The van der Waals surface area contributed by atoms with Crippen molar-refractivity contribution in [3.05, 3.63) is 70.8 Å². The van der Waals surface area contributed by atoms with Gasteiger partial charge in [-0.1, -0.05) is 18.2 Å². The molecule has 3 rings (SSSR count). The molecule has 1 saturated carbocycles. The Balaban J connectivity index is 1.80. The van der Waals surface area contributed by atoms with Gasteiger partial charge in [-0.3, -0.25) is 4.79 Å². The first-order chi connectivity index (χ1) is 11.9. The summed E-state index contributed by atoms with van der Waals surface area (Å²) < 4.78 is 38.0. The molecule has 1 amide bonds. The van der Waals surface area contributed by atoms with Crippen LogP contribution < -0.4 is 0 Å². The van der Waals surface area contributed by atoms with E-state index in [-0.39, 0.29) is 18.5 Å². The summed E-state index contributed by atoms with van der Waals surface area (Å²) in [6.45, 7) is 0.248. The monoisotopic (exact) mass is 344 g/mol. The first-order valence-electron chi connectivity index (χ1n) is 7.86. The standard InChI is InChI=1S/C19H15F3N2O/c20-19(21,22)16-6-4-13(5-7-16)12-24(17-8-9-17)18(25)15-3-1-2-14(10-15)11-23/h1-7,10,17H,8-9,12H2. The van der Waals surface area contributed by atoms with Gasteiger partial charge in [0.1, 0.15) is 0 Å². The van der Waals surface area contributed by atoms with Crippen LogP contribution in [0.4, 0.5) is 13.2 Å². The molecule has 0 atom stereocenters. The number of amides is 1.